The molecule has 6 nitrogen and oxygen atoms in total. The molecule has 0 heterocycles. The summed E-state index contributed by atoms with van der Waals surface area (Å²) in [7, 11) is -3.19. The topological polar surface area (TPSA) is 89.3 Å². The molecule has 0 aliphatic carbocycles. The van der Waals surface area contributed by atoms with Gasteiger partial charge in [0.1, 0.15) is 11.5 Å². The number of nitro groups is 1. The minimum absolute atomic E-state index is 0.00450. The maximum Gasteiger partial charge on any atom is 0.295 e. The van der Waals surface area contributed by atoms with Gasteiger partial charge in [-0.2, -0.15) is 0 Å². The first-order valence-electron chi connectivity index (χ1n) is 5.66. The first kappa shape index (κ1) is 15.4. The Bertz CT molecular complexity index is 574. The fourth-order valence-corrected chi connectivity index (χ4v) is 2.66. The van der Waals surface area contributed by atoms with Gasteiger partial charge in [0, 0.05) is 11.8 Å². The molecule has 0 amide bonds. The van der Waals surface area contributed by atoms with Gasteiger partial charge in [-0.15, -0.1) is 0 Å². The van der Waals surface area contributed by atoms with Gasteiger partial charge in [-0.25, -0.2) is 12.8 Å². The zero-order valence-corrected chi connectivity index (χ0v) is 11.4. The fourth-order valence-electron chi connectivity index (χ4n) is 1.58. The molecule has 106 valence electrons. The summed E-state index contributed by atoms with van der Waals surface area (Å²) in [6.45, 7) is 3.13. The molecular weight excluding hydrogens is 275 g/mol. The van der Waals surface area contributed by atoms with Gasteiger partial charge in [0.05, 0.1) is 16.7 Å². The molecule has 1 rings (SSSR count). The molecule has 8 heteroatoms. The van der Waals surface area contributed by atoms with Crippen molar-refractivity contribution in [3.05, 3.63) is 34.1 Å². The number of sulfone groups is 1. The van der Waals surface area contributed by atoms with Crippen LogP contribution in [0.3, 0.4) is 0 Å². The number of nitrogens with zero attached hydrogens (tertiary/aromatic N) is 1. The molecule has 19 heavy (non-hydrogen) atoms. The third kappa shape index (κ3) is 4.47. The van der Waals surface area contributed by atoms with Crippen LogP contribution in [0, 0.1) is 15.9 Å². The lowest BCUT2D eigenvalue weighted by Gasteiger charge is -2.14. The molecule has 0 aromatic heterocycles. The number of benzene rings is 1. The van der Waals surface area contributed by atoms with Gasteiger partial charge >= 0.3 is 0 Å². The molecule has 1 unspecified atom stereocenters. The summed E-state index contributed by atoms with van der Waals surface area (Å²) in [5.41, 5.74) is -0.314. The highest BCUT2D eigenvalue weighted by molar-refractivity contribution is 7.91. The Balaban J connectivity index is 2.91. The number of hydrogen-bond acceptors (Lipinski definition) is 5. The third-order valence-corrected chi connectivity index (χ3v) is 4.39. The summed E-state index contributed by atoms with van der Waals surface area (Å²) >= 11 is 0. The van der Waals surface area contributed by atoms with E-state index in [0.29, 0.717) is 0 Å². The van der Waals surface area contributed by atoms with E-state index in [4.69, 9.17) is 0 Å². The van der Waals surface area contributed by atoms with Crippen molar-refractivity contribution < 1.29 is 17.7 Å². The summed E-state index contributed by atoms with van der Waals surface area (Å²) < 4.78 is 35.8. The van der Waals surface area contributed by atoms with Gasteiger partial charge in [0.25, 0.3) is 5.69 Å². The third-order valence-electron chi connectivity index (χ3n) is 2.50. The molecule has 0 radical (unpaired) electrons. The van der Waals surface area contributed by atoms with Crippen LogP contribution in [-0.4, -0.2) is 30.9 Å². The average Bonchev–Trinajstić information content (AvgIpc) is 2.30. The van der Waals surface area contributed by atoms with Crippen molar-refractivity contribution in [2.24, 2.45) is 0 Å². The van der Waals surface area contributed by atoms with Crippen molar-refractivity contribution in [3.8, 4) is 0 Å². The smallest absolute Gasteiger partial charge is 0.295 e. The van der Waals surface area contributed by atoms with Gasteiger partial charge in [0.15, 0.2) is 9.84 Å². The Morgan fingerprint density at radius 1 is 1.47 bits per heavy atom. The van der Waals surface area contributed by atoms with Crippen molar-refractivity contribution in [1.29, 1.82) is 0 Å². The molecular formula is C11H15FN2O4S. The second-order valence-electron chi connectivity index (χ2n) is 4.16. The monoisotopic (exact) mass is 290 g/mol. The van der Waals surface area contributed by atoms with Crippen molar-refractivity contribution in [3.63, 3.8) is 0 Å². The molecule has 1 aromatic rings. The lowest BCUT2D eigenvalue weighted by atomic mass is 10.2. The number of nitrogens with one attached hydrogen (secondary N) is 1. The van der Waals surface area contributed by atoms with E-state index in [9.17, 15) is 22.9 Å². The van der Waals surface area contributed by atoms with E-state index in [1.807, 2.05) is 0 Å². The molecule has 0 saturated carbocycles. The maximum absolute atomic E-state index is 12.9. The standard InChI is InChI=1S/C11H15FN2O4S/c1-3-19(17,18)7-8(2)13-10-5-4-9(12)6-11(10)14(15)16/h4-6,8,13H,3,7H2,1-2H3. The summed E-state index contributed by atoms with van der Waals surface area (Å²) in [5, 5.41) is 13.5. The number of anilines is 1. The van der Waals surface area contributed by atoms with Crippen LogP contribution in [0.2, 0.25) is 0 Å². The molecule has 0 aliphatic heterocycles. The van der Waals surface area contributed by atoms with Crippen LogP contribution in [0.15, 0.2) is 18.2 Å². The van der Waals surface area contributed by atoms with E-state index in [0.717, 1.165) is 12.1 Å². The number of rotatable bonds is 6. The van der Waals surface area contributed by atoms with Crippen LogP contribution in [0.1, 0.15) is 13.8 Å². The van der Waals surface area contributed by atoms with Crippen LogP contribution in [0.4, 0.5) is 15.8 Å². The van der Waals surface area contributed by atoms with Crippen LogP contribution in [0.25, 0.3) is 0 Å². The summed E-state index contributed by atoms with van der Waals surface area (Å²) in [6, 6.07) is 2.59. The molecule has 0 saturated heterocycles. The number of hydrogen-bond donors (Lipinski definition) is 1. The van der Waals surface area contributed by atoms with Crippen LogP contribution < -0.4 is 5.32 Å². The number of halogens is 1. The van der Waals surface area contributed by atoms with E-state index >= 15 is 0 Å². The molecule has 1 N–H and O–H groups in total. The van der Waals surface area contributed by atoms with E-state index in [-0.39, 0.29) is 17.2 Å². The fraction of sp³-hybridized carbons (Fsp3) is 0.455. The van der Waals surface area contributed by atoms with Crippen molar-refractivity contribution in [2.75, 3.05) is 16.8 Å². The van der Waals surface area contributed by atoms with E-state index in [1.54, 1.807) is 6.92 Å². The average molecular weight is 290 g/mol. The largest absolute Gasteiger partial charge is 0.376 e. The highest BCUT2D eigenvalue weighted by Gasteiger charge is 2.19. The number of nitro benzene ring substituents is 1. The Hall–Kier alpha value is -1.70. The second kappa shape index (κ2) is 5.96. The molecule has 0 bridgehead atoms. The van der Waals surface area contributed by atoms with Gasteiger partial charge in [-0.1, -0.05) is 6.92 Å². The Labute approximate surface area is 110 Å². The lowest BCUT2D eigenvalue weighted by Crippen LogP contribution is -2.27. The Morgan fingerprint density at radius 2 is 2.11 bits per heavy atom. The minimum atomic E-state index is -3.19. The first-order chi connectivity index (χ1) is 8.75. The minimum Gasteiger partial charge on any atom is -0.376 e. The van der Waals surface area contributed by atoms with Crippen molar-refractivity contribution >= 4 is 21.2 Å². The normalized spacial score (nSPS) is 13.0. The first-order valence-corrected chi connectivity index (χ1v) is 7.48. The summed E-state index contributed by atoms with van der Waals surface area (Å²) in [5.74, 6) is -0.853. The van der Waals surface area contributed by atoms with E-state index in [2.05, 4.69) is 5.32 Å². The van der Waals surface area contributed by atoms with E-state index < -0.39 is 32.3 Å². The molecule has 0 fully saturated rings. The molecule has 1 atom stereocenters. The Morgan fingerprint density at radius 3 is 2.63 bits per heavy atom. The van der Waals surface area contributed by atoms with Gasteiger partial charge in [-0.05, 0) is 19.1 Å². The Kier molecular flexibility index (Phi) is 4.82. The quantitative estimate of drug-likeness (QED) is 0.639. The SMILES string of the molecule is CCS(=O)(=O)CC(C)Nc1ccc(F)cc1[N+](=O)[O-]. The van der Waals surface area contributed by atoms with Crippen LogP contribution >= 0.6 is 0 Å². The highest BCUT2D eigenvalue weighted by Crippen LogP contribution is 2.25. The maximum atomic E-state index is 12.9. The van der Waals surface area contributed by atoms with Gasteiger partial charge in [0.2, 0.25) is 0 Å². The van der Waals surface area contributed by atoms with Crippen LogP contribution in [0.5, 0.6) is 0 Å². The van der Waals surface area contributed by atoms with Gasteiger partial charge in [-0.3, -0.25) is 10.1 Å². The summed E-state index contributed by atoms with van der Waals surface area (Å²) in [4.78, 5) is 10.1. The van der Waals surface area contributed by atoms with Crippen molar-refractivity contribution in [1.82, 2.24) is 0 Å². The predicted molar refractivity (Wildman–Crippen MR) is 70.5 cm³/mol. The highest BCUT2D eigenvalue weighted by atomic mass is 32.2. The zero-order valence-electron chi connectivity index (χ0n) is 10.6. The molecule has 0 aliphatic rings. The molecule has 0 spiro atoms. The lowest BCUT2D eigenvalue weighted by molar-refractivity contribution is -0.384. The van der Waals surface area contributed by atoms with Crippen LogP contribution in [-0.2, 0) is 9.84 Å². The van der Waals surface area contributed by atoms with E-state index in [1.165, 1.54) is 13.0 Å². The van der Waals surface area contributed by atoms with Gasteiger partial charge < -0.3 is 5.32 Å². The molecule has 1 aromatic carbocycles. The van der Waals surface area contributed by atoms with Crippen molar-refractivity contribution in [2.45, 2.75) is 19.9 Å². The zero-order chi connectivity index (χ0) is 14.6. The summed E-state index contributed by atoms with van der Waals surface area (Å²) in [6.07, 6.45) is 0. The second-order valence-corrected chi connectivity index (χ2v) is 6.56. The predicted octanol–water partition coefficient (Wildman–Crippen LogP) is 1.97.